The highest BCUT2D eigenvalue weighted by Gasteiger charge is 2.10. The highest BCUT2D eigenvalue weighted by molar-refractivity contribution is 5.77. The number of aliphatic carboxylic acids is 1. The smallest absolute Gasteiger partial charge is 0.323 e. The van der Waals surface area contributed by atoms with Crippen molar-refractivity contribution in [3.63, 3.8) is 0 Å². The number of para-hydroxylation sites is 1. The maximum Gasteiger partial charge on any atom is 0.323 e. The van der Waals surface area contributed by atoms with E-state index in [0.717, 1.165) is 0 Å². The van der Waals surface area contributed by atoms with Gasteiger partial charge in [0.1, 0.15) is 12.4 Å². The van der Waals surface area contributed by atoms with Gasteiger partial charge in [0.2, 0.25) is 0 Å². The maximum absolute atomic E-state index is 13.0. The van der Waals surface area contributed by atoms with E-state index in [1.165, 1.54) is 17.0 Å². The summed E-state index contributed by atoms with van der Waals surface area (Å²) in [4.78, 5) is 11.8. The molecule has 0 aliphatic rings. The number of likely N-dealkylation sites (N-methyl/N-ethyl adjacent to an activating group) is 1. The zero-order valence-electron chi connectivity index (χ0n) is 7.70. The van der Waals surface area contributed by atoms with Gasteiger partial charge in [0.25, 0.3) is 0 Å². The molecule has 0 aliphatic carbocycles. The lowest BCUT2D eigenvalue weighted by molar-refractivity contribution is -0.135. The Balaban J connectivity index is 2.95. The predicted molar refractivity (Wildman–Crippen MR) is 51.7 cm³/mol. The summed E-state index contributed by atoms with van der Waals surface area (Å²) >= 11 is 0. The fourth-order valence-electron chi connectivity index (χ4n) is 1.15. The fourth-order valence-corrected chi connectivity index (χ4v) is 1.15. The molecule has 0 amide bonds. The molecular weight excluding hydrogens is 187 g/mol. The Hall–Kier alpha value is -1.78. The molecule has 0 spiro atoms. The van der Waals surface area contributed by atoms with Gasteiger partial charge >= 0.3 is 5.97 Å². The first kappa shape index (κ1) is 10.3. The van der Waals surface area contributed by atoms with Gasteiger partial charge < -0.3 is 15.7 Å². The van der Waals surface area contributed by atoms with Crippen molar-refractivity contribution in [2.45, 2.75) is 0 Å². The number of carboxylic acid groups (broad SMARTS) is 1. The average molecular weight is 198 g/mol. The summed E-state index contributed by atoms with van der Waals surface area (Å²) in [5.41, 5.74) is 5.80. The van der Waals surface area contributed by atoms with E-state index < -0.39 is 11.8 Å². The van der Waals surface area contributed by atoms with Crippen molar-refractivity contribution >= 4 is 17.3 Å². The summed E-state index contributed by atoms with van der Waals surface area (Å²) in [7, 11) is 1.54. The third kappa shape index (κ3) is 2.12. The molecule has 0 saturated heterocycles. The van der Waals surface area contributed by atoms with E-state index in [2.05, 4.69) is 0 Å². The second-order valence-corrected chi connectivity index (χ2v) is 2.92. The molecule has 0 aliphatic heterocycles. The SMILES string of the molecule is CN(CC(=O)O)c1cccc(F)c1N. The quantitative estimate of drug-likeness (QED) is 0.709. The number of hydrogen-bond donors (Lipinski definition) is 2. The van der Waals surface area contributed by atoms with Crippen LogP contribution in [0.15, 0.2) is 18.2 Å². The van der Waals surface area contributed by atoms with E-state index in [9.17, 15) is 9.18 Å². The van der Waals surface area contributed by atoms with Crippen LogP contribution in [0.5, 0.6) is 0 Å². The number of benzene rings is 1. The molecule has 0 aromatic heterocycles. The van der Waals surface area contributed by atoms with Crippen LogP contribution >= 0.6 is 0 Å². The van der Waals surface area contributed by atoms with Crippen LogP contribution in [-0.4, -0.2) is 24.7 Å². The zero-order valence-corrected chi connectivity index (χ0v) is 7.70. The van der Waals surface area contributed by atoms with Gasteiger partial charge in [0.05, 0.1) is 11.4 Å². The minimum atomic E-state index is -0.990. The lowest BCUT2D eigenvalue weighted by Crippen LogP contribution is -2.26. The fraction of sp³-hybridized carbons (Fsp3) is 0.222. The first-order valence-electron chi connectivity index (χ1n) is 3.99. The molecular formula is C9H11FN2O2. The molecule has 1 aromatic carbocycles. The highest BCUT2D eigenvalue weighted by Crippen LogP contribution is 2.24. The topological polar surface area (TPSA) is 66.6 Å². The second kappa shape index (κ2) is 3.95. The number of hydrogen-bond acceptors (Lipinski definition) is 3. The summed E-state index contributed by atoms with van der Waals surface area (Å²) in [6, 6.07) is 4.29. The summed E-state index contributed by atoms with van der Waals surface area (Å²) in [5, 5.41) is 8.53. The van der Waals surface area contributed by atoms with Crippen LogP contribution in [0, 0.1) is 5.82 Å². The van der Waals surface area contributed by atoms with Crippen LogP contribution in [0.2, 0.25) is 0 Å². The summed E-state index contributed by atoms with van der Waals surface area (Å²) in [6.45, 7) is -0.215. The molecule has 1 rings (SSSR count). The third-order valence-corrected chi connectivity index (χ3v) is 1.81. The number of rotatable bonds is 3. The van der Waals surface area contributed by atoms with Crippen LogP contribution in [0.3, 0.4) is 0 Å². The minimum absolute atomic E-state index is 0.0312. The number of nitrogens with zero attached hydrogens (tertiary/aromatic N) is 1. The average Bonchev–Trinajstić information content (AvgIpc) is 2.08. The molecule has 0 radical (unpaired) electrons. The van der Waals surface area contributed by atoms with Crippen LogP contribution in [0.25, 0.3) is 0 Å². The highest BCUT2D eigenvalue weighted by atomic mass is 19.1. The number of anilines is 2. The number of halogens is 1. The van der Waals surface area contributed by atoms with Gasteiger partial charge in [-0.3, -0.25) is 4.79 Å². The molecule has 3 N–H and O–H groups in total. The molecule has 76 valence electrons. The summed E-state index contributed by atoms with van der Waals surface area (Å²) < 4.78 is 13.0. The first-order valence-corrected chi connectivity index (χ1v) is 3.99. The third-order valence-electron chi connectivity index (χ3n) is 1.81. The van der Waals surface area contributed by atoms with Crippen LogP contribution in [-0.2, 0) is 4.79 Å². The molecule has 1 aromatic rings. The van der Waals surface area contributed by atoms with Crippen LogP contribution < -0.4 is 10.6 Å². The molecule has 5 heteroatoms. The lowest BCUT2D eigenvalue weighted by atomic mass is 10.2. The van der Waals surface area contributed by atoms with Gasteiger partial charge in [-0.1, -0.05) is 6.07 Å². The Morgan fingerprint density at radius 1 is 1.64 bits per heavy atom. The van der Waals surface area contributed by atoms with Gasteiger partial charge in [-0.05, 0) is 12.1 Å². The molecule has 0 unspecified atom stereocenters. The molecule has 14 heavy (non-hydrogen) atoms. The summed E-state index contributed by atoms with van der Waals surface area (Å²) in [6.07, 6.45) is 0. The number of nitrogen functional groups attached to an aromatic ring is 1. The van der Waals surface area contributed by atoms with Crippen molar-refractivity contribution in [1.82, 2.24) is 0 Å². The van der Waals surface area contributed by atoms with Crippen molar-refractivity contribution in [2.24, 2.45) is 0 Å². The van der Waals surface area contributed by atoms with Gasteiger partial charge in [0.15, 0.2) is 0 Å². The molecule has 0 heterocycles. The van der Waals surface area contributed by atoms with Crippen LogP contribution in [0.1, 0.15) is 0 Å². The molecule has 0 saturated carbocycles. The normalized spacial score (nSPS) is 9.86. The Labute approximate surface area is 80.7 Å². The van der Waals surface area contributed by atoms with E-state index in [-0.39, 0.29) is 12.2 Å². The maximum atomic E-state index is 13.0. The minimum Gasteiger partial charge on any atom is -0.480 e. The van der Waals surface area contributed by atoms with Gasteiger partial charge in [0, 0.05) is 7.05 Å². The van der Waals surface area contributed by atoms with E-state index in [1.54, 1.807) is 13.1 Å². The van der Waals surface area contributed by atoms with E-state index in [4.69, 9.17) is 10.8 Å². The van der Waals surface area contributed by atoms with Crippen molar-refractivity contribution in [3.8, 4) is 0 Å². The standard InChI is InChI=1S/C9H11FN2O2/c1-12(5-8(13)14)7-4-2-3-6(10)9(7)11/h2-4H,5,11H2,1H3,(H,13,14). The van der Waals surface area contributed by atoms with Gasteiger partial charge in [-0.25, -0.2) is 4.39 Å². The van der Waals surface area contributed by atoms with Crippen molar-refractivity contribution < 1.29 is 14.3 Å². The number of nitrogens with two attached hydrogens (primary N) is 1. The molecule has 0 atom stereocenters. The molecule has 4 nitrogen and oxygen atoms in total. The Morgan fingerprint density at radius 3 is 2.86 bits per heavy atom. The van der Waals surface area contributed by atoms with E-state index >= 15 is 0 Å². The number of carboxylic acids is 1. The van der Waals surface area contributed by atoms with E-state index in [1.807, 2.05) is 0 Å². The Bertz CT molecular complexity index is 355. The monoisotopic (exact) mass is 198 g/mol. The predicted octanol–water partition coefficient (Wildman–Crippen LogP) is 0.929. The number of carbonyl (C=O) groups is 1. The first-order chi connectivity index (χ1) is 6.52. The Kier molecular flexibility index (Phi) is 2.91. The van der Waals surface area contributed by atoms with Crippen LogP contribution in [0.4, 0.5) is 15.8 Å². The van der Waals surface area contributed by atoms with E-state index in [0.29, 0.717) is 5.69 Å². The molecule has 0 bridgehead atoms. The molecule has 0 fully saturated rings. The van der Waals surface area contributed by atoms with Crippen molar-refractivity contribution in [2.75, 3.05) is 24.2 Å². The van der Waals surface area contributed by atoms with Crippen molar-refractivity contribution in [1.29, 1.82) is 0 Å². The second-order valence-electron chi connectivity index (χ2n) is 2.92. The van der Waals surface area contributed by atoms with Gasteiger partial charge in [-0.2, -0.15) is 0 Å². The Morgan fingerprint density at radius 2 is 2.29 bits per heavy atom. The van der Waals surface area contributed by atoms with Crippen molar-refractivity contribution in [3.05, 3.63) is 24.0 Å². The summed E-state index contributed by atoms with van der Waals surface area (Å²) in [5.74, 6) is -1.53. The largest absolute Gasteiger partial charge is 0.480 e. The lowest BCUT2D eigenvalue weighted by Gasteiger charge is -2.18. The van der Waals surface area contributed by atoms with Gasteiger partial charge in [-0.15, -0.1) is 0 Å². The zero-order chi connectivity index (χ0) is 10.7.